The molecule has 0 heterocycles. The minimum atomic E-state index is -0.722. The number of rotatable bonds is 6. The molecule has 0 aliphatic rings. The number of carbonyl (C=O) groups excluding carboxylic acids is 2. The van der Waals surface area contributed by atoms with Gasteiger partial charge >= 0.3 is 0 Å². The predicted molar refractivity (Wildman–Crippen MR) is 105 cm³/mol. The van der Waals surface area contributed by atoms with Gasteiger partial charge < -0.3 is 5.32 Å². The zero-order valence-corrected chi connectivity index (χ0v) is 15.9. The molecule has 0 aliphatic heterocycles. The third-order valence-corrected chi connectivity index (χ3v) is 4.10. The number of hydrogen-bond donors (Lipinski definition) is 2. The highest BCUT2D eigenvalue weighted by Gasteiger charge is 2.24. The number of nitrogens with one attached hydrogen (secondary N) is 2. The Morgan fingerprint density at radius 2 is 1.50 bits per heavy atom. The molecule has 0 spiro atoms. The highest BCUT2D eigenvalue weighted by atomic mass is 35.5. The van der Waals surface area contributed by atoms with Crippen molar-refractivity contribution in [2.75, 3.05) is 0 Å². The molecule has 2 aromatic rings. The van der Waals surface area contributed by atoms with Gasteiger partial charge in [-0.2, -0.15) is 5.10 Å². The third-order valence-electron chi connectivity index (χ3n) is 3.60. The van der Waals surface area contributed by atoms with Crippen LogP contribution in [0.15, 0.2) is 53.6 Å². The summed E-state index contributed by atoms with van der Waals surface area (Å²) in [5.74, 6) is -0.860. The van der Waals surface area contributed by atoms with E-state index < -0.39 is 11.9 Å². The molecule has 0 fully saturated rings. The van der Waals surface area contributed by atoms with Gasteiger partial charge in [0.2, 0.25) is 0 Å². The Kier molecular flexibility index (Phi) is 7.18. The first kappa shape index (κ1) is 19.9. The normalized spacial score (nSPS) is 12.2. The van der Waals surface area contributed by atoms with Crippen LogP contribution < -0.4 is 10.7 Å². The summed E-state index contributed by atoms with van der Waals surface area (Å²) in [5, 5.41) is 7.81. The number of hydrazone groups is 1. The SMILES string of the molecule is CC(C)C(NC(=O)c1ccc(Cl)cc1)C(=O)NN=Cc1ccc(Cl)cc1. The summed E-state index contributed by atoms with van der Waals surface area (Å²) in [4.78, 5) is 24.7. The lowest BCUT2D eigenvalue weighted by atomic mass is 10.0. The second-order valence-corrected chi connectivity index (χ2v) is 6.86. The fraction of sp³-hybridized carbons (Fsp3) is 0.211. The first-order chi connectivity index (χ1) is 12.4. The van der Waals surface area contributed by atoms with Crippen molar-refractivity contribution in [1.29, 1.82) is 0 Å². The van der Waals surface area contributed by atoms with Crippen molar-refractivity contribution in [1.82, 2.24) is 10.7 Å². The minimum absolute atomic E-state index is 0.114. The second-order valence-electron chi connectivity index (χ2n) is 5.99. The highest BCUT2D eigenvalue weighted by Crippen LogP contribution is 2.11. The molecule has 2 amide bonds. The molecule has 0 saturated carbocycles. The summed E-state index contributed by atoms with van der Waals surface area (Å²) in [6, 6.07) is 12.7. The standard InChI is InChI=1S/C19H19Cl2N3O2/c1-12(2)17(23-18(25)14-5-9-16(21)10-6-14)19(26)24-22-11-13-3-7-15(20)8-4-13/h3-12,17H,1-2H3,(H,23,25)(H,24,26). The summed E-state index contributed by atoms with van der Waals surface area (Å²) in [6.45, 7) is 3.69. The van der Waals surface area contributed by atoms with Crippen molar-refractivity contribution < 1.29 is 9.59 Å². The number of benzene rings is 2. The maximum absolute atomic E-state index is 12.4. The molecule has 2 aromatic carbocycles. The van der Waals surface area contributed by atoms with Gasteiger partial charge in [0.15, 0.2) is 0 Å². The van der Waals surface area contributed by atoms with E-state index in [2.05, 4.69) is 15.8 Å². The average molecular weight is 392 g/mol. The predicted octanol–water partition coefficient (Wildman–Crippen LogP) is 3.90. The lowest BCUT2D eigenvalue weighted by Gasteiger charge is -2.20. The van der Waals surface area contributed by atoms with Crippen LogP contribution in [0.3, 0.4) is 0 Å². The Hall–Kier alpha value is -2.37. The zero-order valence-electron chi connectivity index (χ0n) is 14.4. The molecule has 0 aliphatic carbocycles. The van der Waals surface area contributed by atoms with E-state index in [1.807, 2.05) is 13.8 Å². The molecule has 0 saturated heterocycles. The van der Waals surface area contributed by atoms with Gasteiger partial charge in [0.05, 0.1) is 6.21 Å². The molecule has 2 rings (SSSR count). The van der Waals surface area contributed by atoms with E-state index in [1.54, 1.807) is 48.5 Å². The lowest BCUT2D eigenvalue weighted by Crippen LogP contribution is -2.48. The van der Waals surface area contributed by atoms with Gasteiger partial charge in [-0.15, -0.1) is 0 Å². The Labute approximate surface area is 162 Å². The van der Waals surface area contributed by atoms with Crippen LogP contribution >= 0.6 is 23.2 Å². The Morgan fingerprint density at radius 1 is 0.962 bits per heavy atom. The van der Waals surface area contributed by atoms with E-state index in [0.29, 0.717) is 15.6 Å². The monoisotopic (exact) mass is 391 g/mol. The molecule has 0 aromatic heterocycles. The van der Waals surface area contributed by atoms with Crippen molar-refractivity contribution in [3.8, 4) is 0 Å². The van der Waals surface area contributed by atoms with Crippen molar-refractivity contribution in [3.05, 3.63) is 69.7 Å². The van der Waals surface area contributed by atoms with Gasteiger partial charge in [-0.05, 0) is 47.9 Å². The zero-order chi connectivity index (χ0) is 19.1. The van der Waals surface area contributed by atoms with Crippen LogP contribution in [0.25, 0.3) is 0 Å². The van der Waals surface area contributed by atoms with E-state index in [-0.39, 0.29) is 11.8 Å². The quantitative estimate of drug-likeness (QED) is 0.578. The summed E-state index contributed by atoms with van der Waals surface area (Å²) in [7, 11) is 0. The molecule has 2 N–H and O–H groups in total. The molecule has 1 unspecified atom stereocenters. The van der Waals surface area contributed by atoms with Crippen LogP contribution in [0.2, 0.25) is 10.0 Å². The van der Waals surface area contributed by atoms with Gasteiger partial charge in [-0.3, -0.25) is 9.59 Å². The minimum Gasteiger partial charge on any atom is -0.340 e. The summed E-state index contributed by atoms with van der Waals surface area (Å²) in [5.41, 5.74) is 3.68. The summed E-state index contributed by atoms with van der Waals surface area (Å²) < 4.78 is 0. The van der Waals surface area contributed by atoms with Crippen LogP contribution in [-0.4, -0.2) is 24.1 Å². The van der Waals surface area contributed by atoms with Crippen molar-refractivity contribution in [2.45, 2.75) is 19.9 Å². The van der Waals surface area contributed by atoms with Crippen LogP contribution in [0.4, 0.5) is 0 Å². The van der Waals surface area contributed by atoms with E-state index >= 15 is 0 Å². The Bertz CT molecular complexity index is 787. The Balaban J connectivity index is 1.99. The van der Waals surface area contributed by atoms with Crippen molar-refractivity contribution in [3.63, 3.8) is 0 Å². The van der Waals surface area contributed by atoms with Gasteiger partial charge in [-0.25, -0.2) is 5.43 Å². The fourth-order valence-corrected chi connectivity index (χ4v) is 2.40. The topological polar surface area (TPSA) is 70.6 Å². The second kappa shape index (κ2) is 9.36. The van der Waals surface area contributed by atoms with Gasteiger partial charge in [0.25, 0.3) is 11.8 Å². The molecule has 0 bridgehead atoms. The maximum atomic E-state index is 12.4. The summed E-state index contributed by atoms with van der Waals surface area (Å²) in [6.07, 6.45) is 1.51. The highest BCUT2D eigenvalue weighted by molar-refractivity contribution is 6.31. The van der Waals surface area contributed by atoms with E-state index in [9.17, 15) is 9.59 Å². The number of carbonyl (C=O) groups is 2. The fourth-order valence-electron chi connectivity index (χ4n) is 2.15. The van der Waals surface area contributed by atoms with Gasteiger partial charge in [0, 0.05) is 15.6 Å². The van der Waals surface area contributed by atoms with Gasteiger partial charge in [-0.1, -0.05) is 49.2 Å². The largest absolute Gasteiger partial charge is 0.340 e. The van der Waals surface area contributed by atoms with E-state index in [1.165, 1.54) is 6.21 Å². The molecule has 7 heteroatoms. The molecule has 5 nitrogen and oxygen atoms in total. The van der Waals surface area contributed by atoms with Gasteiger partial charge in [0.1, 0.15) is 6.04 Å². The molecular weight excluding hydrogens is 373 g/mol. The van der Waals surface area contributed by atoms with Crippen molar-refractivity contribution >= 4 is 41.2 Å². The van der Waals surface area contributed by atoms with Crippen molar-refractivity contribution in [2.24, 2.45) is 11.0 Å². The lowest BCUT2D eigenvalue weighted by molar-refractivity contribution is -0.123. The number of nitrogens with zero attached hydrogens (tertiary/aromatic N) is 1. The molecule has 136 valence electrons. The maximum Gasteiger partial charge on any atom is 0.262 e. The molecule has 26 heavy (non-hydrogen) atoms. The Morgan fingerprint density at radius 3 is 2.04 bits per heavy atom. The molecular formula is C19H19Cl2N3O2. The molecule has 0 radical (unpaired) electrons. The number of halogens is 2. The van der Waals surface area contributed by atoms with Crippen LogP contribution in [0.1, 0.15) is 29.8 Å². The number of amides is 2. The molecule has 1 atom stereocenters. The third kappa shape index (κ3) is 5.86. The first-order valence-electron chi connectivity index (χ1n) is 8.01. The van der Waals surface area contributed by atoms with Crippen LogP contribution in [-0.2, 0) is 4.79 Å². The smallest absolute Gasteiger partial charge is 0.262 e. The number of hydrogen-bond acceptors (Lipinski definition) is 3. The van der Waals surface area contributed by atoms with E-state index in [0.717, 1.165) is 5.56 Å². The van der Waals surface area contributed by atoms with Crippen LogP contribution in [0.5, 0.6) is 0 Å². The van der Waals surface area contributed by atoms with E-state index in [4.69, 9.17) is 23.2 Å². The van der Waals surface area contributed by atoms with Crippen LogP contribution in [0, 0.1) is 5.92 Å². The summed E-state index contributed by atoms with van der Waals surface area (Å²) >= 11 is 11.6. The average Bonchev–Trinajstić information content (AvgIpc) is 2.61. The first-order valence-corrected chi connectivity index (χ1v) is 8.77.